The van der Waals surface area contributed by atoms with Gasteiger partial charge in [-0.25, -0.2) is 4.79 Å². The van der Waals surface area contributed by atoms with Crippen molar-refractivity contribution in [2.24, 2.45) is 11.7 Å². The van der Waals surface area contributed by atoms with Crippen molar-refractivity contribution in [2.45, 2.75) is 31.8 Å². The normalized spacial score (nSPS) is 27.0. The molecule has 3 rings (SSSR count). The number of likely N-dealkylation sites (tertiary alicyclic amines) is 1. The predicted octanol–water partition coefficient (Wildman–Crippen LogP) is 1.64. The Bertz CT molecular complexity index is 560. The van der Waals surface area contributed by atoms with Gasteiger partial charge in [-0.05, 0) is 31.2 Å². The molecule has 5 heteroatoms. The van der Waals surface area contributed by atoms with Gasteiger partial charge in [-0.1, -0.05) is 18.2 Å². The summed E-state index contributed by atoms with van der Waals surface area (Å²) in [7, 11) is 1.66. The van der Waals surface area contributed by atoms with Crippen LogP contribution in [0, 0.1) is 12.8 Å². The third-order valence-corrected chi connectivity index (χ3v) is 4.91. The standard InChI is InChI=1S/C16H23N3O2/c1-11-4-3-5-12(14(11)21-2)8-18-15(20)19-9-13-6-7-16(13,17)10-19/h3-5,13H,6-10,17H2,1-2H3,(H,18,20)/t13-,16-/m0/s1. The Labute approximate surface area is 125 Å². The van der Waals surface area contributed by atoms with Crippen molar-refractivity contribution < 1.29 is 9.53 Å². The van der Waals surface area contributed by atoms with Crippen LogP contribution in [0.15, 0.2) is 18.2 Å². The lowest BCUT2D eigenvalue weighted by Crippen LogP contribution is -2.55. The molecule has 1 heterocycles. The Morgan fingerprint density at radius 3 is 2.95 bits per heavy atom. The zero-order chi connectivity index (χ0) is 15.0. The number of rotatable bonds is 3. The number of nitrogens with two attached hydrogens (primary N) is 1. The molecule has 1 saturated heterocycles. The van der Waals surface area contributed by atoms with Gasteiger partial charge in [0.15, 0.2) is 0 Å². The van der Waals surface area contributed by atoms with Crippen molar-refractivity contribution in [1.82, 2.24) is 10.2 Å². The molecule has 0 unspecified atom stereocenters. The zero-order valence-electron chi connectivity index (χ0n) is 12.7. The maximum absolute atomic E-state index is 12.3. The first-order valence-electron chi connectivity index (χ1n) is 7.47. The predicted molar refractivity (Wildman–Crippen MR) is 81.2 cm³/mol. The number of nitrogens with one attached hydrogen (secondary N) is 1. The minimum Gasteiger partial charge on any atom is -0.496 e. The van der Waals surface area contributed by atoms with E-state index in [4.69, 9.17) is 10.5 Å². The molecule has 0 spiro atoms. The first-order valence-corrected chi connectivity index (χ1v) is 7.47. The van der Waals surface area contributed by atoms with Crippen LogP contribution in [0.4, 0.5) is 4.79 Å². The smallest absolute Gasteiger partial charge is 0.317 e. The van der Waals surface area contributed by atoms with Crippen LogP contribution in [-0.4, -0.2) is 36.7 Å². The number of carbonyl (C=O) groups is 1. The number of urea groups is 1. The lowest BCUT2D eigenvalue weighted by Gasteiger charge is -2.39. The van der Waals surface area contributed by atoms with Gasteiger partial charge >= 0.3 is 6.03 Å². The molecule has 1 aliphatic heterocycles. The van der Waals surface area contributed by atoms with Gasteiger partial charge in [0.1, 0.15) is 5.75 Å². The summed E-state index contributed by atoms with van der Waals surface area (Å²) in [6.45, 7) is 3.94. The van der Waals surface area contributed by atoms with Crippen LogP contribution in [0.1, 0.15) is 24.0 Å². The summed E-state index contributed by atoms with van der Waals surface area (Å²) in [5.41, 5.74) is 8.21. The summed E-state index contributed by atoms with van der Waals surface area (Å²) in [6.07, 6.45) is 2.18. The van der Waals surface area contributed by atoms with E-state index in [0.717, 1.165) is 36.3 Å². The zero-order valence-corrected chi connectivity index (χ0v) is 12.7. The fourth-order valence-electron chi connectivity index (χ4n) is 3.47. The summed E-state index contributed by atoms with van der Waals surface area (Å²) >= 11 is 0. The van der Waals surface area contributed by atoms with E-state index in [1.807, 2.05) is 30.0 Å². The van der Waals surface area contributed by atoms with Crippen LogP contribution in [0.3, 0.4) is 0 Å². The molecular weight excluding hydrogens is 266 g/mol. The Balaban J connectivity index is 1.61. The van der Waals surface area contributed by atoms with Gasteiger partial charge in [0.25, 0.3) is 0 Å². The first-order chi connectivity index (χ1) is 10.0. The van der Waals surface area contributed by atoms with Crippen LogP contribution in [-0.2, 0) is 6.54 Å². The third-order valence-electron chi connectivity index (χ3n) is 4.91. The van der Waals surface area contributed by atoms with Crippen molar-refractivity contribution in [3.8, 4) is 5.75 Å². The molecule has 0 bridgehead atoms. The summed E-state index contributed by atoms with van der Waals surface area (Å²) in [5, 5.41) is 2.98. The Morgan fingerprint density at radius 1 is 1.57 bits per heavy atom. The number of carbonyl (C=O) groups excluding carboxylic acids is 1. The number of hydrogen-bond acceptors (Lipinski definition) is 3. The highest BCUT2D eigenvalue weighted by Crippen LogP contribution is 2.42. The number of nitrogens with zero attached hydrogens (tertiary/aromatic N) is 1. The fraction of sp³-hybridized carbons (Fsp3) is 0.562. The van der Waals surface area contributed by atoms with E-state index in [-0.39, 0.29) is 11.6 Å². The van der Waals surface area contributed by atoms with E-state index in [0.29, 0.717) is 19.0 Å². The molecule has 114 valence electrons. The number of aryl methyl sites for hydroxylation is 1. The Morgan fingerprint density at radius 2 is 2.38 bits per heavy atom. The maximum Gasteiger partial charge on any atom is 0.317 e. The van der Waals surface area contributed by atoms with Gasteiger partial charge in [0.05, 0.1) is 7.11 Å². The molecule has 1 saturated carbocycles. The van der Waals surface area contributed by atoms with E-state index in [9.17, 15) is 4.79 Å². The molecule has 1 aromatic rings. The second-order valence-corrected chi connectivity index (χ2v) is 6.28. The van der Waals surface area contributed by atoms with Crippen molar-refractivity contribution in [3.05, 3.63) is 29.3 Å². The number of fused-ring (bicyclic) bond motifs is 1. The second-order valence-electron chi connectivity index (χ2n) is 6.28. The number of benzene rings is 1. The van der Waals surface area contributed by atoms with Crippen molar-refractivity contribution in [2.75, 3.05) is 20.2 Å². The van der Waals surface area contributed by atoms with E-state index in [1.54, 1.807) is 7.11 Å². The molecule has 2 amide bonds. The van der Waals surface area contributed by atoms with Crippen molar-refractivity contribution >= 4 is 6.03 Å². The lowest BCUT2D eigenvalue weighted by atomic mass is 9.70. The van der Waals surface area contributed by atoms with Gasteiger partial charge in [0.2, 0.25) is 0 Å². The van der Waals surface area contributed by atoms with Gasteiger partial charge in [-0.15, -0.1) is 0 Å². The number of ether oxygens (including phenoxy) is 1. The summed E-state index contributed by atoms with van der Waals surface area (Å²) in [4.78, 5) is 14.1. The lowest BCUT2D eigenvalue weighted by molar-refractivity contribution is 0.187. The average molecular weight is 289 g/mol. The molecule has 0 radical (unpaired) electrons. The number of para-hydroxylation sites is 1. The van der Waals surface area contributed by atoms with Crippen LogP contribution in [0.5, 0.6) is 5.75 Å². The van der Waals surface area contributed by atoms with Crippen LogP contribution in [0.2, 0.25) is 0 Å². The minimum absolute atomic E-state index is 0.0298. The average Bonchev–Trinajstić information content (AvgIpc) is 2.69. The molecule has 5 nitrogen and oxygen atoms in total. The Kier molecular flexibility index (Phi) is 3.53. The highest BCUT2D eigenvalue weighted by Gasteiger charge is 2.51. The molecule has 1 aliphatic carbocycles. The molecule has 0 aromatic heterocycles. The first kappa shape index (κ1) is 14.2. The largest absolute Gasteiger partial charge is 0.496 e. The summed E-state index contributed by atoms with van der Waals surface area (Å²) in [6, 6.07) is 5.92. The number of methoxy groups -OCH3 is 1. The topological polar surface area (TPSA) is 67.6 Å². The van der Waals surface area contributed by atoms with Crippen LogP contribution >= 0.6 is 0 Å². The Hall–Kier alpha value is -1.75. The molecular formula is C16H23N3O2. The molecule has 2 aliphatic rings. The molecule has 3 N–H and O–H groups in total. The molecule has 2 atom stereocenters. The fourth-order valence-corrected chi connectivity index (χ4v) is 3.47. The second kappa shape index (κ2) is 5.22. The molecule has 1 aromatic carbocycles. The van der Waals surface area contributed by atoms with Crippen LogP contribution < -0.4 is 15.8 Å². The van der Waals surface area contributed by atoms with Gasteiger partial charge in [0, 0.05) is 30.7 Å². The highest BCUT2D eigenvalue weighted by molar-refractivity contribution is 5.75. The van der Waals surface area contributed by atoms with E-state index < -0.39 is 0 Å². The quantitative estimate of drug-likeness (QED) is 0.889. The van der Waals surface area contributed by atoms with E-state index in [1.165, 1.54) is 0 Å². The monoisotopic (exact) mass is 289 g/mol. The van der Waals surface area contributed by atoms with Gasteiger partial charge < -0.3 is 20.7 Å². The van der Waals surface area contributed by atoms with Gasteiger partial charge in [-0.2, -0.15) is 0 Å². The van der Waals surface area contributed by atoms with E-state index >= 15 is 0 Å². The van der Waals surface area contributed by atoms with Crippen LogP contribution in [0.25, 0.3) is 0 Å². The van der Waals surface area contributed by atoms with Gasteiger partial charge in [-0.3, -0.25) is 0 Å². The highest BCUT2D eigenvalue weighted by atomic mass is 16.5. The SMILES string of the molecule is COc1c(C)cccc1CNC(=O)N1C[C@@H]2CC[C@]2(N)C1. The summed E-state index contributed by atoms with van der Waals surface area (Å²) < 4.78 is 5.41. The molecule has 21 heavy (non-hydrogen) atoms. The summed E-state index contributed by atoms with van der Waals surface area (Å²) in [5.74, 6) is 1.33. The number of amides is 2. The third kappa shape index (κ3) is 2.46. The maximum atomic E-state index is 12.3. The van der Waals surface area contributed by atoms with Crippen molar-refractivity contribution in [1.29, 1.82) is 0 Å². The van der Waals surface area contributed by atoms with E-state index in [2.05, 4.69) is 5.32 Å². The minimum atomic E-state index is -0.127. The van der Waals surface area contributed by atoms with Crippen molar-refractivity contribution in [3.63, 3.8) is 0 Å². The number of hydrogen-bond donors (Lipinski definition) is 2. The molecule has 2 fully saturated rings.